The summed E-state index contributed by atoms with van der Waals surface area (Å²) in [6.07, 6.45) is 2.00. The minimum Gasteiger partial charge on any atom is -0.481 e. The van der Waals surface area contributed by atoms with E-state index in [1.54, 1.807) is 12.1 Å². The number of nitrogens with zero attached hydrogens (tertiary/aromatic N) is 2. The minimum atomic E-state index is -0.840. The van der Waals surface area contributed by atoms with Gasteiger partial charge in [0.15, 0.2) is 0 Å². The van der Waals surface area contributed by atoms with Gasteiger partial charge >= 0.3 is 5.97 Å². The van der Waals surface area contributed by atoms with Crippen LogP contribution in [0, 0.1) is 11.7 Å². The van der Waals surface area contributed by atoms with E-state index in [0.29, 0.717) is 24.8 Å². The molecule has 138 valence electrons. The van der Waals surface area contributed by atoms with Crippen LogP contribution in [0.3, 0.4) is 0 Å². The van der Waals surface area contributed by atoms with Crippen molar-refractivity contribution >= 4 is 23.5 Å². The molecule has 2 aliphatic rings. The predicted molar refractivity (Wildman–Crippen MR) is 90.5 cm³/mol. The predicted octanol–water partition coefficient (Wildman–Crippen LogP) is 1.67. The number of halogens is 1. The van der Waals surface area contributed by atoms with Crippen LogP contribution in [0.25, 0.3) is 0 Å². The Bertz CT molecular complexity index is 747. The van der Waals surface area contributed by atoms with E-state index in [1.165, 1.54) is 17.1 Å². The van der Waals surface area contributed by atoms with Gasteiger partial charge in [-0.1, -0.05) is 12.1 Å². The highest BCUT2D eigenvalue weighted by molar-refractivity contribution is 6.39. The van der Waals surface area contributed by atoms with Crippen molar-refractivity contribution in [2.24, 2.45) is 11.0 Å². The zero-order chi connectivity index (χ0) is 18.7. The van der Waals surface area contributed by atoms with Crippen molar-refractivity contribution in [3.63, 3.8) is 0 Å². The summed E-state index contributed by atoms with van der Waals surface area (Å²) in [5.41, 5.74) is 0.968. The number of carbonyl (C=O) groups is 3. The first-order valence-corrected chi connectivity index (χ1v) is 8.58. The van der Waals surface area contributed by atoms with Crippen molar-refractivity contribution in [1.29, 1.82) is 0 Å². The Morgan fingerprint density at radius 2 is 1.96 bits per heavy atom. The second kappa shape index (κ2) is 7.63. The fourth-order valence-corrected chi connectivity index (χ4v) is 3.26. The number of amides is 2. The number of carbonyl (C=O) groups excluding carboxylic acids is 2. The highest BCUT2D eigenvalue weighted by atomic mass is 19.1. The molecule has 1 heterocycles. The van der Waals surface area contributed by atoms with E-state index in [-0.39, 0.29) is 48.8 Å². The van der Waals surface area contributed by atoms with Crippen LogP contribution >= 0.6 is 0 Å². The van der Waals surface area contributed by atoms with Gasteiger partial charge in [-0.05, 0) is 37.0 Å². The maximum atomic E-state index is 13.0. The molecule has 2 atom stereocenters. The van der Waals surface area contributed by atoms with Crippen LogP contribution in [0.5, 0.6) is 0 Å². The van der Waals surface area contributed by atoms with E-state index < -0.39 is 11.9 Å². The lowest BCUT2D eigenvalue weighted by Crippen LogP contribution is -2.42. The van der Waals surface area contributed by atoms with Crippen LogP contribution < -0.4 is 5.32 Å². The third-order valence-electron chi connectivity index (χ3n) is 4.73. The van der Waals surface area contributed by atoms with Gasteiger partial charge in [-0.2, -0.15) is 5.10 Å². The van der Waals surface area contributed by atoms with Crippen molar-refractivity contribution in [2.45, 2.75) is 44.7 Å². The Morgan fingerprint density at radius 1 is 1.23 bits per heavy atom. The smallest absolute Gasteiger partial charge is 0.306 e. The quantitative estimate of drug-likeness (QED) is 0.833. The number of hydrogen-bond acceptors (Lipinski definition) is 4. The Morgan fingerprint density at radius 3 is 2.62 bits per heavy atom. The van der Waals surface area contributed by atoms with Crippen molar-refractivity contribution in [3.05, 3.63) is 35.6 Å². The van der Waals surface area contributed by atoms with Gasteiger partial charge in [-0.3, -0.25) is 14.4 Å². The molecule has 1 aromatic rings. The summed E-state index contributed by atoms with van der Waals surface area (Å²) in [5.74, 6) is -2.19. The van der Waals surface area contributed by atoms with Crippen molar-refractivity contribution in [1.82, 2.24) is 10.3 Å². The van der Waals surface area contributed by atoms with Crippen LogP contribution in [0.15, 0.2) is 29.4 Å². The van der Waals surface area contributed by atoms with Crippen molar-refractivity contribution < 1.29 is 23.9 Å². The standard InChI is InChI=1S/C18H20FN3O4/c19-13-4-1-11(2-5-13)10-22-16(23)8-7-15(21-22)17(24)20-14-6-3-12(9-14)18(25)26/h1-2,4-5,12,14H,3,6-10H2,(H,20,24)(H,25,26)/t12-,14+/m1/s1. The summed E-state index contributed by atoms with van der Waals surface area (Å²) in [6, 6.07) is 5.56. The van der Waals surface area contributed by atoms with Crippen LogP contribution in [0.1, 0.15) is 37.7 Å². The maximum Gasteiger partial charge on any atom is 0.306 e. The monoisotopic (exact) mass is 361 g/mol. The van der Waals surface area contributed by atoms with Gasteiger partial charge in [0.1, 0.15) is 11.5 Å². The van der Waals surface area contributed by atoms with Crippen molar-refractivity contribution in [2.75, 3.05) is 0 Å². The number of carboxylic acid groups (broad SMARTS) is 1. The number of hydrazone groups is 1. The molecule has 26 heavy (non-hydrogen) atoms. The minimum absolute atomic E-state index is 0.167. The van der Waals surface area contributed by atoms with Gasteiger partial charge in [-0.15, -0.1) is 0 Å². The zero-order valence-electron chi connectivity index (χ0n) is 14.2. The van der Waals surface area contributed by atoms with E-state index in [2.05, 4.69) is 10.4 Å². The molecular formula is C18H20FN3O4. The molecule has 1 fully saturated rings. The summed E-state index contributed by atoms with van der Waals surface area (Å²) in [7, 11) is 0. The number of rotatable bonds is 5. The molecule has 2 N–H and O–H groups in total. The molecule has 0 aromatic heterocycles. The van der Waals surface area contributed by atoms with Crippen LogP contribution in [-0.4, -0.2) is 39.7 Å². The molecule has 0 radical (unpaired) electrons. The Labute approximate surface area is 149 Å². The van der Waals surface area contributed by atoms with Gasteiger partial charge in [0.2, 0.25) is 5.91 Å². The van der Waals surface area contributed by atoms with Crippen LogP contribution in [-0.2, 0) is 20.9 Å². The molecule has 1 aromatic carbocycles. The van der Waals surface area contributed by atoms with Gasteiger partial charge in [0.05, 0.1) is 12.5 Å². The van der Waals surface area contributed by atoms with Gasteiger partial charge in [0.25, 0.3) is 5.91 Å². The molecule has 0 bridgehead atoms. The number of hydrogen-bond donors (Lipinski definition) is 2. The maximum absolute atomic E-state index is 13.0. The summed E-state index contributed by atoms with van der Waals surface area (Å²) in [4.78, 5) is 35.5. The number of benzene rings is 1. The third kappa shape index (κ3) is 4.25. The molecule has 3 rings (SSSR count). The second-order valence-corrected chi connectivity index (χ2v) is 6.64. The molecule has 0 unspecified atom stereocenters. The highest BCUT2D eigenvalue weighted by Crippen LogP contribution is 2.25. The zero-order valence-corrected chi connectivity index (χ0v) is 14.2. The number of carboxylic acids is 1. The Balaban J connectivity index is 1.63. The first kappa shape index (κ1) is 18.0. The van der Waals surface area contributed by atoms with Gasteiger partial charge in [0, 0.05) is 18.9 Å². The summed E-state index contributed by atoms with van der Waals surface area (Å²) >= 11 is 0. The normalized spacial score (nSPS) is 22.9. The molecule has 0 saturated heterocycles. The van der Waals surface area contributed by atoms with Gasteiger partial charge in [-0.25, -0.2) is 9.40 Å². The topological polar surface area (TPSA) is 99.1 Å². The first-order valence-electron chi connectivity index (χ1n) is 8.58. The van der Waals surface area contributed by atoms with Crippen molar-refractivity contribution in [3.8, 4) is 0 Å². The first-order chi connectivity index (χ1) is 12.4. The molecule has 1 aliphatic heterocycles. The van der Waals surface area contributed by atoms with E-state index in [4.69, 9.17) is 5.11 Å². The molecule has 7 nitrogen and oxygen atoms in total. The van der Waals surface area contributed by atoms with Crippen LogP contribution in [0.4, 0.5) is 4.39 Å². The lowest BCUT2D eigenvalue weighted by Gasteiger charge is -2.24. The van der Waals surface area contributed by atoms with E-state index in [9.17, 15) is 18.8 Å². The molecule has 8 heteroatoms. The number of nitrogens with one attached hydrogen (secondary N) is 1. The largest absolute Gasteiger partial charge is 0.481 e. The summed E-state index contributed by atoms with van der Waals surface area (Å²) in [6.45, 7) is 0.167. The van der Waals surface area contributed by atoms with Gasteiger partial charge < -0.3 is 10.4 Å². The molecule has 0 spiro atoms. The second-order valence-electron chi connectivity index (χ2n) is 6.64. The van der Waals surface area contributed by atoms with Crippen LogP contribution in [0.2, 0.25) is 0 Å². The fourth-order valence-electron chi connectivity index (χ4n) is 3.26. The molecular weight excluding hydrogens is 341 g/mol. The fraction of sp³-hybridized carbons (Fsp3) is 0.444. The number of aliphatic carboxylic acids is 1. The lowest BCUT2D eigenvalue weighted by atomic mass is 10.1. The molecule has 1 aliphatic carbocycles. The average molecular weight is 361 g/mol. The Hall–Kier alpha value is -2.77. The summed E-state index contributed by atoms with van der Waals surface area (Å²) < 4.78 is 13.0. The summed E-state index contributed by atoms with van der Waals surface area (Å²) in [5, 5.41) is 17.2. The lowest BCUT2D eigenvalue weighted by molar-refractivity contribution is -0.141. The van der Waals surface area contributed by atoms with E-state index >= 15 is 0 Å². The van der Waals surface area contributed by atoms with E-state index in [1.807, 2.05) is 0 Å². The molecule has 2 amide bonds. The van der Waals surface area contributed by atoms with E-state index in [0.717, 1.165) is 0 Å². The third-order valence-corrected chi connectivity index (χ3v) is 4.73. The SMILES string of the molecule is O=C(N[C@H]1CC[C@@H](C(=O)O)C1)C1=NN(Cc2ccc(F)cc2)C(=O)CC1. The highest BCUT2D eigenvalue weighted by Gasteiger charge is 2.32. The average Bonchev–Trinajstić information content (AvgIpc) is 3.07. The molecule has 1 saturated carbocycles. The Kier molecular flexibility index (Phi) is 5.29.